The lowest BCUT2D eigenvalue weighted by Crippen LogP contribution is -2.03. The van der Waals surface area contributed by atoms with Crippen LogP contribution in [0.1, 0.15) is 17.5 Å². The molecule has 0 aromatic heterocycles. The molecule has 0 fully saturated rings. The maximum atomic E-state index is 11.0. The van der Waals surface area contributed by atoms with E-state index in [1.807, 2.05) is 24.3 Å². The van der Waals surface area contributed by atoms with Gasteiger partial charge in [-0.25, -0.2) is 0 Å². The first kappa shape index (κ1) is 14.8. The SMILES string of the molecule is Cc1cccc(OCCCc2cccc(N)c2)c1[N+](=O)[O-]. The number of nitrogens with two attached hydrogens (primary N) is 1. The van der Waals surface area contributed by atoms with Gasteiger partial charge in [-0.15, -0.1) is 0 Å². The average Bonchev–Trinajstić information content (AvgIpc) is 2.43. The summed E-state index contributed by atoms with van der Waals surface area (Å²) in [7, 11) is 0. The van der Waals surface area contributed by atoms with Crippen LogP contribution in [0.15, 0.2) is 42.5 Å². The molecule has 5 heteroatoms. The van der Waals surface area contributed by atoms with Gasteiger partial charge in [0.1, 0.15) is 0 Å². The highest BCUT2D eigenvalue weighted by atomic mass is 16.6. The summed E-state index contributed by atoms with van der Waals surface area (Å²) in [5, 5.41) is 11.0. The van der Waals surface area contributed by atoms with Crippen molar-refractivity contribution in [2.24, 2.45) is 0 Å². The highest BCUT2D eigenvalue weighted by Gasteiger charge is 2.17. The number of rotatable bonds is 6. The van der Waals surface area contributed by atoms with E-state index < -0.39 is 4.92 Å². The summed E-state index contributed by atoms with van der Waals surface area (Å²) in [6, 6.07) is 12.8. The second kappa shape index (κ2) is 6.74. The fourth-order valence-electron chi connectivity index (χ4n) is 2.19. The molecule has 0 radical (unpaired) electrons. The molecule has 0 heterocycles. The van der Waals surface area contributed by atoms with E-state index in [2.05, 4.69) is 0 Å². The maximum Gasteiger partial charge on any atom is 0.313 e. The smallest absolute Gasteiger partial charge is 0.313 e. The third-order valence-electron chi connectivity index (χ3n) is 3.20. The number of nitrogen functional groups attached to an aromatic ring is 1. The maximum absolute atomic E-state index is 11.0. The molecule has 0 aliphatic rings. The summed E-state index contributed by atoms with van der Waals surface area (Å²) < 4.78 is 5.56. The molecule has 2 aromatic carbocycles. The Hall–Kier alpha value is -2.56. The normalized spacial score (nSPS) is 10.3. The van der Waals surface area contributed by atoms with Gasteiger partial charge in [0, 0.05) is 11.3 Å². The summed E-state index contributed by atoms with van der Waals surface area (Å²) >= 11 is 0. The Labute approximate surface area is 123 Å². The van der Waals surface area contributed by atoms with Crippen molar-refractivity contribution in [1.29, 1.82) is 0 Å². The number of hydrogen-bond acceptors (Lipinski definition) is 4. The molecule has 0 unspecified atom stereocenters. The number of anilines is 1. The van der Waals surface area contributed by atoms with Gasteiger partial charge in [0.25, 0.3) is 0 Å². The van der Waals surface area contributed by atoms with Crippen LogP contribution in [-0.4, -0.2) is 11.5 Å². The highest BCUT2D eigenvalue weighted by Crippen LogP contribution is 2.30. The second-order valence-corrected chi connectivity index (χ2v) is 4.88. The zero-order chi connectivity index (χ0) is 15.2. The van der Waals surface area contributed by atoms with Crippen LogP contribution in [0, 0.1) is 17.0 Å². The van der Waals surface area contributed by atoms with Crippen LogP contribution in [-0.2, 0) is 6.42 Å². The van der Waals surface area contributed by atoms with E-state index in [-0.39, 0.29) is 5.69 Å². The van der Waals surface area contributed by atoms with Gasteiger partial charge in [-0.05, 0) is 43.5 Å². The molecule has 0 saturated heterocycles. The standard InChI is InChI=1S/C16H18N2O3/c1-12-5-2-9-15(16(12)18(19)20)21-10-4-7-13-6-3-8-14(17)11-13/h2-3,5-6,8-9,11H,4,7,10,17H2,1H3. The number of ether oxygens (including phenoxy) is 1. The first-order valence-electron chi connectivity index (χ1n) is 6.79. The number of hydrogen-bond donors (Lipinski definition) is 1. The molecular formula is C16H18N2O3. The van der Waals surface area contributed by atoms with Gasteiger partial charge in [0.15, 0.2) is 5.75 Å². The molecule has 0 spiro atoms. The van der Waals surface area contributed by atoms with Crippen molar-refractivity contribution in [3.8, 4) is 5.75 Å². The summed E-state index contributed by atoms with van der Waals surface area (Å²) in [5.74, 6) is 0.326. The van der Waals surface area contributed by atoms with Crippen molar-refractivity contribution in [2.75, 3.05) is 12.3 Å². The lowest BCUT2D eigenvalue weighted by atomic mass is 10.1. The molecule has 2 rings (SSSR count). The number of nitro benzene ring substituents is 1. The minimum absolute atomic E-state index is 0.0430. The number of aryl methyl sites for hydroxylation is 2. The van der Waals surface area contributed by atoms with E-state index in [0.29, 0.717) is 17.9 Å². The van der Waals surface area contributed by atoms with Crippen LogP contribution >= 0.6 is 0 Å². The Bertz CT molecular complexity index is 641. The van der Waals surface area contributed by atoms with Crippen LogP contribution in [0.3, 0.4) is 0 Å². The highest BCUT2D eigenvalue weighted by molar-refractivity contribution is 5.52. The molecule has 21 heavy (non-hydrogen) atoms. The molecular weight excluding hydrogens is 268 g/mol. The van der Waals surface area contributed by atoms with E-state index in [4.69, 9.17) is 10.5 Å². The monoisotopic (exact) mass is 286 g/mol. The lowest BCUT2D eigenvalue weighted by Gasteiger charge is -2.08. The lowest BCUT2D eigenvalue weighted by molar-refractivity contribution is -0.386. The average molecular weight is 286 g/mol. The molecule has 2 aromatic rings. The minimum atomic E-state index is -0.400. The van der Waals surface area contributed by atoms with Gasteiger partial charge in [0.2, 0.25) is 0 Å². The van der Waals surface area contributed by atoms with Crippen LogP contribution in [0.25, 0.3) is 0 Å². The minimum Gasteiger partial charge on any atom is -0.487 e. The van der Waals surface area contributed by atoms with Gasteiger partial charge >= 0.3 is 5.69 Å². The summed E-state index contributed by atoms with van der Waals surface area (Å²) in [6.07, 6.45) is 1.60. The van der Waals surface area contributed by atoms with E-state index in [0.717, 1.165) is 24.1 Å². The predicted molar refractivity (Wildman–Crippen MR) is 82.5 cm³/mol. The number of benzene rings is 2. The van der Waals surface area contributed by atoms with Gasteiger partial charge < -0.3 is 10.5 Å². The number of nitro groups is 1. The second-order valence-electron chi connectivity index (χ2n) is 4.88. The third-order valence-corrected chi connectivity index (χ3v) is 3.20. The quantitative estimate of drug-likeness (QED) is 0.381. The fraction of sp³-hybridized carbons (Fsp3) is 0.250. The van der Waals surface area contributed by atoms with Gasteiger partial charge in [-0.2, -0.15) is 0 Å². The van der Waals surface area contributed by atoms with Crippen LogP contribution < -0.4 is 10.5 Å². The summed E-state index contributed by atoms with van der Waals surface area (Å²) in [6.45, 7) is 2.14. The Morgan fingerprint density at radius 2 is 2.00 bits per heavy atom. The first-order valence-corrected chi connectivity index (χ1v) is 6.79. The van der Waals surface area contributed by atoms with Crippen molar-refractivity contribution < 1.29 is 9.66 Å². The molecule has 5 nitrogen and oxygen atoms in total. The summed E-state index contributed by atoms with van der Waals surface area (Å²) in [4.78, 5) is 10.6. The summed E-state index contributed by atoms with van der Waals surface area (Å²) in [5.41, 5.74) is 8.24. The molecule has 0 aliphatic carbocycles. The van der Waals surface area contributed by atoms with Crippen molar-refractivity contribution in [1.82, 2.24) is 0 Å². The van der Waals surface area contributed by atoms with Gasteiger partial charge in [-0.3, -0.25) is 10.1 Å². The zero-order valence-electron chi connectivity index (χ0n) is 11.9. The van der Waals surface area contributed by atoms with Crippen molar-refractivity contribution >= 4 is 11.4 Å². The Morgan fingerprint density at radius 3 is 2.71 bits per heavy atom. The fourth-order valence-corrected chi connectivity index (χ4v) is 2.19. The Morgan fingerprint density at radius 1 is 1.24 bits per heavy atom. The van der Waals surface area contributed by atoms with E-state index in [1.54, 1.807) is 25.1 Å². The molecule has 0 bridgehead atoms. The Balaban J connectivity index is 1.92. The Kier molecular flexibility index (Phi) is 4.77. The van der Waals surface area contributed by atoms with Crippen molar-refractivity contribution in [3.05, 3.63) is 63.7 Å². The van der Waals surface area contributed by atoms with Crippen LogP contribution in [0.4, 0.5) is 11.4 Å². The molecule has 0 saturated carbocycles. The van der Waals surface area contributed by atoms with Crippen LogP contribution in [0.5, 0.6) is 5.75 Å². The van der Waals surface area contributed by atoms with Crippen LogP contribution in [0.2, 0.25) is 0 Å². The zero-order valence-corrected chi connectivity index (χ0v) is 11.9. The predicted octanol–water partition coefficient (Wildman–Crippen LogP) is 3.50. The van der Waals surface area contributed by atoms with Crippen molar-refractivity contribution in [3.63, 3.8) is 0 Å². The third kappa shape index (κ3) is 3.95. The topological polar surface area (TPSA) is 78.4 Å². The molecule has 2 N–H and O–H groups in total. The van der Waals surface area contributed by atoms with E-state index >= 15 is 0 Å². The van der Waals surface area contributed by atoms with E-state index in [9.17, 15) is 10.1 Å². The number of para-hydroxylation sites is 1. The largest absolute Gasteiger partial charge is 0.487 e. The molecule has 0 amide bonds. The molecule has 0 aliphatic heterocycles. The molecule has 0 atom stereocenters. The van der Waals surface area contributed by atoms with Gasteiger partial charge in [-0.1, -0.05) is 24.3 Å². The number of nitrogens with zero attached hydrogens (tertiary/aromatic N) is 1. The first-order chi connectivity index (χ1) is 10.1. The molecule has 110 valence electrons. The van der Waals surface area contributed by atoms with E-state index in [1.165, 1.54) is 0 Å². The van der Waals surface area contributed by atoms with Gasteiger partial charge in [0.05, 0.1) is 11.5 Å². The van der Waals surface area contributed by atoms with Crippen molar-refractivity contribution in [2.45, 2.75) is 19.8 Å².